The number of nitrogens with one attached hydrogen (secondary N) is 1. The van der Waals surface area contributed by atoms with Crippen LogP contribution in [0.5, 0.6) is 0 Å². The molecule has 2 heterocycles. The molecular weight excluding hydrogens is 374 g/mol. The number of piperazine rings is 1. The van der Waals surface area contributed by atoms with Gasteiger partial charge in [-0.25, -0.2) is 0 Å². The highest BCUT2D eigenvalue weighted by atomic mass is 32.2. The Labute approximate surface area is 169 Å². The number of anilines is 2. The number of carbonyl (C=O) groups excluding carboxylic acids is 1. The van der Waals surface area contributed by atoms with Crippen molar-refractivity contribution in [2.24, 2.45) is 0 Å². The zero-order valence-electron chi connectivity index (χ0n) is 16.2. The summed E-state index contributed by atoms with van der Waals surface area (Å²) in [6, 6.07) is 7.92. The van der Waals surface area contributed by atoms with Crippen LogP contribution in [0.25, 0.3) is 0 Å². The first kappa shape index (κ1) is 20.2. The Morgan fingerprint density at radius 2 is 1.96 bits per heavy atom. The first-order valence-corrected chi connectivity index (χ1v) is 10.3. The van der Waals surface area contributed by atoms with Crippen LogP contribution >= 0.6 is 11.8 Å². The number of hydrogen-bond donors (Lipinski definition) is 1. The van der Waals surface area contributed by atoms with Gasteiger partial charge in [0.2, 0.25) is 11.8 Å². The number of hydrogen-bond acceptors (Lipinski definition) is 7. The summed E-state index contributed by atoms with van der Waals surface area (Å²) < 4.78 is 5.49. The second-order valence-corrected chi connectivity index (χ2v) is 7.84. The zero-order chi connectivity index (χ0) is 19.9. The predicted molar refractivity (Wildman–Crippen MR) is 112 cm³/mol. The van der Waals surface area contributed by atoms with Gasteiger partial charge in [-0.05, 0) is 24.3 Å². The summed E-state index contributed by atoms with van der Waals surface area (Å²) in [7, 11) is 0. The highest BCUT2D eigenvalue weighted by molar-refractivity contribution is 7.99. The fourth-order valence-electron chi connectivity index (χ4n) is 2.89. The molecule has 0 atom stereocenters. The van der Waals surface area contributed by atoms with Gasteiger partial charge >= 0.3 is 0 Å². The second-order valence-electron chi connectivity index (χ2n) is 6.91. The van der Waals surface area contributed by atoms with Gasteiger partial charge in [-0.2, -0.15) is 0 Å². The monoisotopic (exact) mass is 399 g/mol. The van der Waals surface area contributed by atoms with Crippen molar-refractivity contribution >= 4 is 29.0 Å². The van der Waals surface area contributed by atoms with Crippen LogP contribution in [0.1, 0.15) is 25.7 Å². The molecule has 1 amide bonds. The van der Waals surface area contributed by atoms with Gasteiger partial charge in [0.15, 0.2) is 0 Å². The molecule has 2 aromatic rings. The lowest BCUT2D eigenvalue weighted by atomic mass is 10.2. The van der Waals surface area contributed by atoms with Crippen LogP contribution in [-0.2, 0) is 4.79 Å². The molecule has 0 bridgehead atoms. The average molecular weight is 400 g/mol. The lowest BCUT2D eigenvalue weighted by molar-refractivity contribution is -0.113. The Morgan fingerprint density at radius 1 is 1.25 bits per heavy atom. The number of terminal acetylenes is 1. The molecule has 7 nitrogen and oxygen atoms in total. The number of thioether (sulfide) groups is 1. The van der Waals surface area contributed by atoms with Crippen LogP contribution in [0.4, 0.5) is 11.4 Å². The van der Waals surface area contributed by atoms with Crippen molar-refractivity contribution in [2.75, 3.05) is 48.7 Å². The summed E-state index contributed by atoms with van der Waals surface area (Å²) in [5, 5.41) is 11.2. The molecule has 0 radical (unpaired) electrons. The summed E-state index contributed by atoms with van der Waals surface area (Å²) in [6.07, 6.45) is 5.38. The summed E-state index contributed by atoms with van der Waals surface area (Å²) in [6.45, 7) is 8.51. The normalized spacial score (nSPS) is 14.9. The maximum atomic E-state index is 12.2. The predicted octanol–water partition coefficient (Wildman–Crippen LogP) is 2.68. The Bertz CT molecular complexity index is 820. The van der Waals surface area contributed by atoms with Gasteiger partial charge in [0.1, 0.15) is 0 Å². The number of amides is 1. The summed E-state index contributed by atoms with van der Waals surface area (Å²) in [5.41, 5.74) is 1.92. The van der Waals surface area contributed by atoms with Crippen molar-refractivity contribution in [3.05, 3.63) is 30.2 Å². The van der Waals surface area contributed by atoms with Gasteiger partial charge in [-0.3, -0.25) is 9.69 Å². The maximum Gasteiger partial charge on any atom is 0.277 e. The average Bonchev–Trinajstić information content (AvgIpc) is 3.17. The van der Waals surface area contributed by atoms with Crippen molar-refractivity contribution in [1.82, 2.24) is 15.1 Å². The van der Waals surface area contributed by atoms with Gasteiger partial charge in [0, 0.05) is 43.5 Å². The van der Waals surface area contributed by atoms with Crippen LogP contribution in [0.3, 0.4) is 0 Å². The summed E-state index contributed by atoms with van der Waals surface area (Å²) in [5.74, 6) is 3.57. The molecule has 0 spiro atoms. The van der Waals surface area contributed by atoms with Crippen molar-refractivity contribution in [2.45, 2.75) is 25.0 Å². The van der Waals surface area contributed by atoms with E-state index >= 15 is 0 Å². The largest absolute Gasteiger partial charge is 0.416 e. The quantitative estimate of drug-likeness (QED) is 0.567. The van der Waals surface area contributed by atoms with Gasteiger partial charge in [-0.15, -0.1) is 16.6 Å². The van der Waals surface area contributed by atoms with Crippen LogP contribution in [-0.4, -0.2) is 59.5 Å². The number of rotatable bonds is 7. The third-order valence-corrected chi connectivity index (χ3v) is 5.26. The fraction of sp³-hybridized carbons (Fsp3) is 0.450. The minimum Gasteiger partial charge on any atom is -0.416 e. The zero-order valence-corrected chi connectivity index (χ0v) is 17.0. The molecule has 1 aromatic carbocycles. The smallest absolute Gasteiger partial charge is 0.277 e. The minimum absolute atomic E-state index is 0.107. The second kappa shape index (κ2) is 9.62. The molecule has 0 saturated carbocycles. The van der Waals surface area contributed by atoms with Gasteiger partial charge in [0.25, 0.3) is 5.22 Å². The standard InChI is InChI=1S/C20H25N5O2S/c1-4-9-24-10-12-25(13-11-24)17-7-5-16(6-8-17)21-18(26)14-28-20-23-22-19(27-20)15(2)3/h1,5-8,15H,9-14H2,2-3H3,(H,21,26). The Kier molecular flexibility index (Phi) is 6.95. The maximum absolute atomic E-state index is 12.2. The molecule has 1 N–H and O–H groups in total. The van der Waals surface area contributed by atoms with E-state index in [-0.39, 0.29) is 17.6 Å². The Balaban J connectivity index is 1.46. The van der Waals surface area contributed by atoms with Crippen molar-refractivity contribution < 1.29 is 9.21 Å². The van der Waals surface area contributed by atoms with Gasteiger partial charge in [0.05, 0.1) is 12.3 Å². The topological polar surface area (TPSA) is 74.5 Å². The molecule has 28 heavy (non-hydrogen) atoms. The third kappa shape index (κ3) is 5.50. The molecule has 8 heteroatoms. The van der Waals surface area contributed by atoms with E-state index in [1.807, 2.05) is 38.1 Å². The van der Waals surface area contributed by atoms with Crippen molar-refractivity contribution in [3.63, 3.8) is 0 Å². The summed E-state index contributed by atoms with van der Waals surface area (Å²) >= 11 is 1.24. The third-order valence-electron chi connectivity index (χ3n) is 4.45. The van der Waals surface area contributed by atoms with E-state index < -0.39 is 0 Å². The number of nitrogens with zero attached hydrogens (tertiary/aromatic N) is 4. The lowest BCUT2D eigenvalue weighted by Crippen LogP contribution is -2.46. The molecule has 3 rings (SSSR count). The minimum atomic E-state index is -0.107. The van der Waals surface area contributed by atoms with Gasteiger partial charge < -0.3 is 14.6 Å². The van der Waals surface area contributed by atoms with Crippen LogP contribution in [0.15, 0.2) is 33.9 Å². The van der Waals surface area contributed by atoms with E-state index in [4.69, 9.17) is 10.8 Å². The molecule has 1 saturated heterocycles. The molecular formula is C20H25N5O2S. The molecule has 148 valence electrons. The number of carbonyl (C=O) groups is 1. The fourth-order valence-corrected chi connectivity index (χ4v) is 3.45. The highest BCUT2D eigenvalue weighted by Gasteiger charge is 2.16. The van der Waals surface area contributed by atoms with E-state index in [9.17, 15) is 4.79 Å². The molecule has 1 fully saturated rings. The molecule has 1 aliphatic heterocycles. The molecule has 0 unspecified atom stereocenters. The Hall–Kier alpha value is -2.50. The summed E-state index contributed by atoms with van der Waals surface area (Å²) in [4.78, 5) is 16.8. The SMILES string of the molecule is C#CCN1CCN(c2ccc(NC(=O)CSc3nnc(C(C)C)o3)cc2)CC1. The van der Waals surface area contributed by atoms with E-state index in [1.54, 1.807) is 0 Å². The number of benzene rings is 1. The van der Waals surface area contributed by atoms with E-state index in [2.05, 4.69) is 31.2 Å². The van der Waals surface area contributed by atoms with E-state index in [0.717, 1.165) is 37.6 Å². The molecule has 1 aromatic heterocycles. The van der Waals surface area contributed by atoms with E-state index in [0.29, 0.717) is 17.7 Å². The first-order chi connectivity index (χ1) is 13.5. The Morgan fingerprint density at radius 3 is 2.57 bits per heavy atom. The first-order valence-electron chi connectivity index (χ1n) is 9.32. The van der Waals surface area contributed by atoms with Crippen LogP contribution < -0.4 is 10.2 Å². The number of aromatic nitrogens is 2. The molecule has 0 aliphatic carbocycles. The van der Waals surface area contributed by atoms with Crippen molar-refractivity contribution in [3.8, 4) is 12.3 Å². The van der Waals surface area contributed by atoms with Crippen LogP contribution in [0, 0.1) is 12.3 Å². The van der Waals surface area contributed by atoms with E-state index in [1.165, 1.54) is 11.8 Å². The lowest BCUT2D eigenvalue weighted by Gasteiger charge is -2.35. The van der Waals surface area contributed by atoms with Gasteiger partial charge in [-0.1, -0.05) is 31.5 Å². The van der Waals surface area contributed by atoms with Crippen LogP contribution in [0.2, 0.25) is 0 Å². The highest BCUT2D eigenvalue weighted by Crippen LogP contribution is 2.22. The van der Waals surface area contributed by atoms with Crippen molar-refractivity contribution in [1.29, 1.82) is 0 Å². The molecule has 1 aliphatic rings.